The van der Waals surface area contributed by atoms with Crippen molar-refractivity contribution < 1.29 is 4.39 Å². The molecule has 1 aliphatic carbocycles. The highest BCUT2D eigenvalue weighted by Gasteiger charge is 2.26. The summed E-state index contributed by atoms with van der Waals surface area (Å²) in [5, 5.41) is 0.581. The summed E-state index contributed by atoms with van der Waals surface area (Å²) in [4.78, 5) is 0. The van der Waals surface area contributed by atoms with Crippen LogP contribution in [0.2, 0.25) is 5.02 Å². The Morgan fingerprint density at radius 1 is 1.29 bits per heavy atom. The molecular formula is C14H19ClFN. The second-order valence-electron chi connectivity index (χ2n) is 5.21. The normalized spacial score (nSPS) is 26.8. The highest BCUT2D eigenvalue weighted by molar-refractivity contribution is 6.31. The van der Waals surface area contributed by atoms with Crippen LogP contribution in [0.3, 0.4) is 0 Å². The molecule has 0 heterocycles. The molecular weight excluding hydrogens is 237 g/mol. The van der Waals surface area contributed by atoms with E-state index in [2.05, 4.69) is 6.92 Å². The zero-order chi connectivity index (χ0) is 12.4. The number of hydrogen-bond acceptors (Lipinski definition) is 1. The number of halogens is 2. The minimum atomic E-state index is -0.260. The molecule has 94 valence electrons. The molecule has 1 aromatic rings. The fraction of sp³-hybridized carbons (Fsp3) is 0.571. The Balaban J connectivity index is 2.13. The van der Waals surface area contributed by atoms with Gasteiger partial charge in [0.2, 0.25) is 0 Å². The van der Waals surface area contributed by atoms with Crippen molar-refractivity contribution in [1.29, 1.82) is 0 Å². The Morgan fingerprint density at radius 3 is 2.59 bits per heavy atom. The van der Waals surface area contributed by atoms with Crippen LogP contribution < -0.4 is 5.73 Å². The lowest BCUT2D eigenvalue weighted by molar-refractivity contribution is 0.256. The fourth-order valence-electron chi connectivity index (χ4n) is 2.67. The van der Waals surface area contributed by atoms with Gasteiger partial charge in [-0.1, -0.05) is 31.4 Å². The van der Waals surface area contributed by atoms with Crippen LogP contribution in [0.15, 0.2) is 18.2 Å². The molecule has 1 aromatic carbocycles. The van der Waals surface area contributed by atoms with Gasteiger partial charge in [-0.3, -0.25) is 0 Å². The van der Waals surface area contributed by atoms with Gasteiger partial charge in [-0.15, -0.1) is 0 Å². The van der Waals surface area contributed by atoms with Gasteiger partial charge in [-0.25, -0.2) is 4.39 Å². The van der Waals surface area contributed by atoms with Gasteiger partial charge in [0, 0.05) is 11.1 Å². The molecule has 3 heteroatoms. The predicted octanol–water partition coefficient (Wildman–Crippen LogP) is 4.31. The molecule has 1 unspecified atom stereocenters. The van der Waals surface area contributed by atoms with Gasteiger partial charge in [0.05, 0.1) is 0 Å². The quantitative estimate of drug-likeness (QED) is 0.838. The largest absolute Gasteiger partial charge is 0.324 e. The van der Waals surface area contributed by atoms with Crippen molar-refractivity contribution in [1.82, 2.24) is 0 Å². The summed E-state index contributed by atoms with van der Waals surface area (Å²) < 4.78 is 13.2. The van der Waals surface area contributed by atoms with Crippen LogP contribution >= 0.6 is 11.6 Å². The molecule has 2 rings (SSSR count). The Bertz CT molecular complexity index is 386. The number of rotatable bonds is 2. The van der Waals surface area contributed by atoms with Gasteiger partial charge in [-0.2, -0.15) is 0 Å². The SMILES string of the molecule is CC1CCC(C(N)c2cc(F)ccc2Cl)CC1. The van der Waals surface area contributed by atoms with Crippen LogP contribution in [0.5, 0.6) is 0 Å². The van der Waals surface area contributed by atoms with E-state index in [1.807, 2.05) is 0 Å². The van der Waals surface area contributed by atoms with Crippen molar-refractivity contribution in [2.45, 2.75) is 38.6 Å². The summed E-state index contributed by atoms with van der Waals surface area (Å²) in [6, 6.07) is 4.31. The third-order valence-corrected chi connectivity index (χ3v) is 4.23. The Morgan fingerprint density at radius 2 is 1.94 bits per heavy atom. The minimum absolute atomic E-state index is 0.134. The van der Waals surface area contributed by atoms with Gasteiger partial charge in [-0.05, 0) is 48.4 Å². The van der Waals surface area contributed by atoms with Crippen molar-refractivity contribution >= 4 is 11.6 Å². The second kappa shape index (κ2) is 5.36. The first-order valence-electron chi connectivity index (χ1n) is 6.28. The second-order valence-corrected chi connectivity index (χ2v) is 5.62. The van der Waals surface area contributed by atoms with E-state index < -0.39 is 0 Å². The molecule has 0 radical (unpaired) electrons. The highest BCUT2D eigenvalue weighted by Crippen LogP contribution is 2.37. The molecule has 0 saturated heterocycles. The Kier molecular flexibility index (Phi) is 4.05. The van der Waals surface area contributed by atoms with Crippen LogP contribution in [-0.4, -0.2) is 0 Å². The van der Waals surface area contributed by atoms with E-state index in [4.69, 9.17) is 17.3 Å². The summed E-state index contributed by atoms with van der Waals surface area (Å²) >= 11 is 6.09. The molecule has 17 heavy (non-hydrogen) atoms. The van der Waals surface area contributed by atoms with Crippen LogP contribution in [-0.2, 0) is 0 Å². The lowest BCUT2D eigenvalue weighted by atomic mass is 9.77. The third kappa shape index (κ3) is 2.99. The number of benzene rings is 1. The number of hydrogen-bond donors (Lipinski definition) is 1. The molecule has 2 N–H and O–H groups in total. The van der Waals surface area contributed by atoms with Gasteiger partial charge in [0.15, 0.2) is 0 Å². The Hall–Kier alpha value is -0.600. The molecule has 1 fully saturated rings. The molecule has 1 nitrogen and oxygen atoms in total. The number of nitrogens with two attached hydrogens (primary N) is 1. The van der Waals surface area contributed by atoms with E-state index in [0.717, 1.165) is 24.3 Å². The van der Waals surface area contributed by atoms with Crippen molar-refractivity contribution in [3.8, 4) is 0 Å². The van der Waals surface area contributed by atoms with Gasteiger partial charge in [0.1, 0.15) is 5.82 Å². The highest BCUT2D eigenvalue weighted by atomic mass is 35.5. The van der Waals surface area contributed by atoms with Crippen LogP contribution in [0.25, 0.3) is 0 Å². The lowest BCUT2D eigenvalue weighted by Crippen LogP contribution is -2.25. The first-order valence-corrected chi connectivity index (χ1v) is 6.66. The third-order valence-electron chi connectivity index (χ3n) is 3.89. The molecule has 0 aliphatic heterocycles. The maximum absolute atomic E-state index is 13.2. The zero-order valence-electron chi connectivity index (χ0n) is 10.1. The van der Waals surface area contributed by atoms with E-state index in [9.17, 15) is 4.39 Å². The Labute approximate surface area is 107 Å². The fourth-order valence-corrected chi connectivity index (χ4v) is 2.91. The van der Waals surface area contributed by atoms with E-state index in [1.165, 1.54) is 25.0 Å². The van der Waals surface area contributed by atoms with E-state index in [0.29, 0.717) is 10.9 Å². The maximum Gasteiger partial charge on any atom is 0.123 e. The first kappa shape index (κ1) is 12.8. The molecule has 0 bridgehead atoms. The van der Waals surface area contributed by atoms with Crippen LogP contribution in [0.1, 0.15) is 44.2 Å². The van der Waals surface area contributed by atoms with E-state index in [-0.39, 0.29) is 11.9 Å². The van der Waals surface area contributed by atoms with Crippen molar-refractivity contribution in [3.05, 3.63) is 34.6 Å². The predicted molar refractivity (Wildman–Crippen MR) is 69.5 cm³/mol. The maximum atomic E-state index is 13.2. The zero-order valence-corrected chi connectivity index (χ0v) is 10.9. The van der Waals surface area contributed by atoms with Gasteiger partial charge in [0.25, 0.3) is 0 Å². The van der Waals surface area contributed by atoms with Crippen LogP contribution in [0.4, 0.5) is 4.39 Å². The lowest BCUT2D eigenvalue weighted by Gasteiger charge is -2.31. The minimum Gasteiger partial charge on any atom is -0.324 e. The summed E-state index contributed by atoms with van der Waals surface area (Å²) in [7, 11) is 0. The van der Waals surface area contributed by atoms with E-state index >= 15 is 0 Å². The van der Waals surface area contributed by atoms with Crippen LogP contribution in [0, 0.1) is 17.7 Å². The van der Waals surface area contributed by atoms with Crippen molar-refractivity contribution in [3.63, 3.8) is 0 Å². The topological polar surface area (TPSA) is 26.0 Å². The molecule has 0 amide bonds. The summed E-state index contributed by atoms with van der Waals surface area (Å²) in [6.07, 6.45) is 4.67. The van der Waals surface area contributed by atoms with Gasteiger partial charge >= 0.3 is 0 Å². The van der Waals surface area contributed by atoms with Gasteiger partial charge < -0.3 is 5.73 Å². The summed E-state index contributed by atoms with van der Waals surface area (Å²) in [6.45, 7) is 2.27. The average Bonchev–Trinajstić information content (AvgIpc) is 2.32. The molecule has 1 atom stereocenters. The van der Waals surface area contributed by atoms with Crippen molar-refractivity contribution in [2.24, 2.45) is 17.6 Å². The monoisotopic (exact) mass is 255 g/mol. The molecule has 1 saturated carbocycles. The summed E-state index contributed by atoms with van der Waals surface area (Å²) in [5.41, 5.74) is 6.99. The summed E-state index contributed by atoms with van der Waals surface area (Å²) in [5.74, 6) is 0.968. The molecule has 0 aromatic heterocycles. The smallest absolute Gasteiger partial charge is 0.123 e. The standard InChI is InChI=1S/C14H19ClFN/c1-9-2-4-10(5-3-9)14(17)12-8-11(16)6-7-13(12)15/h6-10,14H,2-5,17H2,1H3. The van der Waals surface area contributed by atoms with Crippen molar-refractivity contribution in [2.75, 3.05) is 0 Å². The molecule has 1 aliphatic rings. The average molecular weight is 256 g/mol. The molecule has 0 spiro atoms. The van der Waals surface area contributed by atoms with E-state index in [1.54, 1.807) is 6.07 Å². The first-order chi connectivity index (χ1) is 8.08.